The van der Waals surface area contributed by atoms with Crippen LogP contribution in [-0.2, 0) is 17.9 Å². The molecule has 0 radical (unpaired) electrons. The molecule has 0 aliphatic rings. The van der Waals surface area contributed by atoms with Gasteiger partial charge in [0.1, 0.15) is 17.2 Å². The number of aryl methyl sites for hydroxylation is 1. The average Bonchev–Trinajstić information content (AvgIpc) is 3.37. The van der Waals surface area contributed by atoms with Crippen molar-refractivity contribution in [2.75, 3.05) is 6.54 Å². The number of aromatic nitrogens is 2. The summed E-state index contributed by atoms with van der Waals surface area (Å²) >= 11 is 0. The van der Waals surface area contributed by atoms with Gasteiger partial charge in [0.2, 0.25) is 5.91 Å². The lowest BCUT2D eigenvalue weighted by molar-refractivity contribution is -0.121. The van der Waals surface area contributed by atoms with E-state index >= 15 is 0 Å². The summed E-state index contributed by atoms with van der Waals surface area (Å²) in [7, 11) is 0. The highest BCUT2D eigenvalue weighted by Crippen LogP contribution is 2.10. The van der Waals surface area contributed by atoms with E-state index < -0.39 is 0 Å². The third-order valence-corrected chi connectivity index (χ3v) is 3.86. The van der Waals surface area contributed by atoms with Crippen molar-refractivity contribution in [3.63, 3.8) is 0 Å². The highest BCUT2D eigenvalue weighted by Gasteiger charge is 2.20. The number of nitrogens with one attached hydrogen (secondary N) is 1. The minimum absolute atomic E-state index is 0.145. The van der Waals surface area contributed by atoms with Crippen molar-refractivity contribution >= 4 is 11.8 Å². The van der Waals surface area contributed by atoms with E-state index in [0.717, 1.165) is 5.69 Å². The van der Waals surface area contributed by atoms with E-state index in [0.29, 0.717) is 18.1 Å². The van der Waals surface area contributed by atoms with Crippen LogP contribution >= 0.6 is 0 Å². The number of rotatable bonds is 8. The first-order valence-electron chi connectivity index (χ1n) is 8.51. The Hall–Kier alpha value is -3.42. The summed E-state index contributed by atoms with van der Waals surface area (Å²) in [6.45, 7) is 2.57. The van der Waals surface area contributed by atoms with Gasteiger partial charge in [-0.3, -0.25) is 14.6 Å². The third kappa shape index (κ3) is 5.27. The molecule has 2 amide bonds. The lowest BCUT2D eigenvalue weighted by atomic mass is 10.2. The first kappa shape index (κ1) is 18.4. The summed E-state index contributed by atoms with van der Waals surface area (Å²) in [5, 5.41) is 2.76. The van der Waals surface area contributed by atoms with Crippen LogP contribution in [0.5, 0.6) is 0 Å². The summed E-state index contributed by atoms with van der Waals surface area (Å²) in [5.41, 5.74) is 0.949. The van der Waals surface area contributed by atoms with Crippen LogP contribution in [0.25, 0.3) is 0 Å². The molecule has 1 N–H and O–H groups in total. The third-order valence-electron chi connectivity index (χ3n) is 3.86. The molecule has 0 unspecified atom stereocenters. The largest absolute Gasteiger partial charge is 0.467 e. The van der Waals surface area contributed by atoms with Crippen LogP contribution in [0.4, 0.5) is 0 Å². The molecular weight excluding hydrogens is 348 g/mol. The second-order valence-electron chi connectivity index (χ2n) is 5.96. The maximum absolute atomic E-state index is 12.8. The van der Waals surface area contributed by atoms with Crippen LogP contribution in [0.3, 0.4) is 0 Å². The molecule has 8 heteroatoms. The molecular formula is C19H20N4O4. The Morgan fingerprint density at radius 1 is 1.07 bits per heavy atom. The highest BCUT2D eigenvalue weighted by molar-refractivity contribution is 5.92. The molecule has 140 valence electrons. The van der Waals surface area contributed by atoms with Crippen molar-refractivity contribution < 1.29 is 18.4 Å². The molecule has 0 atom stereocenters. The summed E-state index contributed by atoms with van der Waals surface area (Å²) in [6.07, 6.45) is 6.21. The number of nitrogens with zero attached hydrogens (tertiary/aromatic N) is 3. The molecule has 0 aliphatic carbocycles. The van der Waals surface area contributed by atoms with Crippen molar-refractivity contribution in [1.82, 2.24) is 20.2 Å². The van der Waals surface area contributed by atoms with Crippen LogP contribution < -0.4 is 5.32 Å². The molecule has 0 saturated heterocycles. The van der Waals surface area contributed by atoms with E-state index in [1.54, 1.807) is 43.7 Å². The van der Waals surface area contributed by atoms with E-state index in [-0.39, 0.29) is 37.0 Å². The summed E-state index contributed by atoms with van der Waals surface area (Å²) in [4.78, 5) is 34.6. The van der Waals surface area contributed by atoms with Crippen molar-refractivity contribution in [3.8, 4) is 0 Å². The van der Waals surface area contributed by atoms with E-state index in [1.165, 1.54) is 17.3 Å². The quantitative estimate of drug-likeness (QED) is 0.655. The predicted molar refractivity (Wildman–Crippen MR) is 95.4 cm³/mol. The Bertz CT molecular complexity index is 858. The van der Waals surface area contributed by atoms with Gasteiger partial charge in [-0.25, -0.2) is 4.98 Å². The van der Waals surface area contributed by atoms with Gasteiger partial charge in [-0.15, -0.1) is 0 Å². The molecule has 0 spiro atoms. The SMILES string of the molecule is Cc1cnc(C(=O)N(CCC(=O)NCc2ccco2)Cc2ccco2)cn1. The minimum atomic E-state index is -0.308. The topological polar surface area (TPSA) is 101 Å². The van der Waals surface area contributed by atoms with E-state index in [1.807, 2.05) is 0 Å². The van der Waals surface area contributed by atoms with Gasteiger partial charge in [-0.1, -0.05) is 0 Å². The molecule has 3 rings (SSSR count). The van der Waals surface area contributed by atoms with Crippen LogP contribution in [-0.4, -0.2) is 33.2 Å². The summed E-state index contributed by atoms with van der Waals surface area (Å²) < 4.78 is 10.5. The second-order valence-corrected chi connectivity index (χ2v) is 5.96. The van der Waals surface area contributed by atoms with Crippen molar-refractivity contribution in [3.05, 3.63) is 72.1 Å². The van der Waals surface area contributed by atoms with Gasteiger partial charge < -0.3 is 19.1 Å². The Labute approximate surface area is 156 Å². The van der Waals surface area contributed by atoms with Crippen LogP contribution in [0.15, 0.2) is 58.0 Å². The van der Waals surface area contributed by atoms with Gasteiger partial charge in [0.05, 0.1) is 37.5 Å². The van der Waals surface area contributed by atoms with Gasteiger partial charge >= 0.3 is 0 Å². The molecule has 8 nitrogen and oxygen atoms in total. The number of carbonyl (C=O) groups excluding carboxylic acids is 2. The maximum Gasteiger partial charge on any atom is 0.274 e. The number of furan rings is 2. The monoisotopic (exact) mass is 368 g/mol. The Kier molecular flexibility index (Phi) is 5.98. The van der Waals surface area contributed by atoms with E-state index in [4.69, 9.17) is 8.83 Å². The van der Waals surface area contributed by atoms with Crippen LogP contribution in [0.1, 0.15) is 34.1 Å². The Morgan fingerprint density at radius 2 is 1.81 bits per heavy atom. The highest BCUT2D eigenvalue weighted by atomic mass is 16.3. The molecule has 0 bridgehead atoms. The maximum atomic E-state index is 12.8. The number of hydrogen-bond acceptors (Lipinski definition) is 6. The van der Waals surface area contributed by atoms with Crippen LogP contribution in [0.2, 0.25) is 0 Å². The van der Waals surface area contributed by atoms with Crippen molar-refractivity contribution in [2.45, 2.75) is 26.4 Å². The smallest absolute Gasteiger partial charge is 0.274 e. The number of hydrogen-bond donors (Lipinski definition) is 1. The number of amides is 2. The fourth-order valence-corrected chi connectivity index (χ4v) is 2.43. The molecule has 3 heterocycles. The predicted octanol–water partition coefficient (Wildman–Crippen LogP) is 2.32. The van der Waals surface area contributed by atoms with Crippen molar-refractivity contribution in [2.24, 2.45) is 0 Å². The van der Waals surface area contributed by atoms with Gasteiger partial charge in [0.15, 0.2) is 0 Å². The molecule has 0 fully saturated rings. The zero-order valence-electron chi connectivity index (χ0n) is 14.9. The van der Waals surface area contributed by atoms with Gasteiger partial charge in [0, 0.05) is 19.2 Å². The molecule has 3 aromatic rings. The lowest BCUT2D eigenvalue weighted by Gasteiger charge is -2.21. The van der Waals surface area contributed by atoms with E-state index in [2.05, 4.69) is 15.3 Å². The minimum Gasteiger partial charge on any atom is -0.467 e. The lowest BCUT2D eigenvalue weighted by Crippen LogP contribution is -2.35. The van der Waals surface area contributed by atoms with E-state index in [9.17, 15) is 9.59 Å². The Morgan fingerprint density at radius 3 is 2.44 bits per heavy atom. The first-order chi connectivity index (χ1) is 13.1. The summed E-state index contributed by atoms with van der Waals surface area (Å²) in [6, 6.07) is 7.06. The normalized spacial score (nSPS) is 10.6. The van der Waals surface area contributed by atoms with Gasteiger partial charge in [-0.2, -0.15) is 0 Å². The molecule has 0 aliphatic heterocycles. The first-order valence-corrected chi connectivity index (χ1v) is 8.51. The summed E-state index contributed by atoms with van der Waals surface area (Å²) in [5.74, 6) is 0.803. The second kappa shape index (κ2) is 8.79. The van der Waals surface area contributed by atoms with Gasteiger partial charge in [0.25, 0.3) is 5.91 Å². The molecule has 0 saturated carbocycles. The van der Waals surface area contributed by atoms with Gasteiger partial charge in [-0.05, 0) is 31.2 Å². The molecule has 27 heavy (non-hydrogen) atoms. The zero-order valence-corrected chi connectivity index (χ0v) is 14.9. The fraction of sp³-hybridized carbons (Fsp3) is 0.263. The fourth-order valence-electron chi connectivity index (χ4n) is 2.43. The zero-order chi connectivity index (χ0) is 19.1. The standard InChI is InChI=1S/C19H20N4O4/c1-14-10-21-17(12-20-14)19(25)23(13-16-5-3-9-27-16)7-6-18(24)22-11-15-4-2-8-26-15/h2-5,8-10,12H,6-7,11,13H2,1H3,(H,22,24). The van der Waals surface area contributed by atoms with Crippen LogP contribution in [0, 0.1) is 6.92 Å². The Balaban J connectivity index is 1.61. The van der Waals surface area contributed by atoms with Crippen molar-refractivity contribution in [1.29, 1.82) is 0 Å². The molecule has 3 aromatic heterocycles. The molecule has 0 aromatic carbocycles. The number of carbonyl (C=O) groups is 2. The average molecular weight is 368 g/mol.